The van der Waals surface area contributed by atoms with Gasteiger partial charge < -0.3 is 5.32 Å². The van der Waals surface area contributed by atoms with E-state index in [0.29, 0.717) is 17.2 Å². The van der Waals surface area contributed by atoms with E-state index in [1.165, 1.54) is 12.4 Å². The number of imidazole rings is 1. The summed E-state index contributed by atoms with van der Waals surface area (Å²) in [5.41, 5.74) is 1.37. The molecule has 3 rings (SSSR count). The van der Waals surface area contributed by atoms with Gasteiger partial charge in [0.2, 0.25) is 0 Å². The van der Waals surface area contributed by atoms with Crippen molar-refractivity contribution in [2.75, 3.05) is 0 Å². The fourth-order valence-electron chi connectivity index (χ4n) is 2.29. The number of aromatic nitrogens is 4. The number of benzene rings is 1. The molecule has 128 valence electrons. The molecule has 1 N–H and O–H groups in total. The SMILES string of the molecule is Cc1ncc(C)c(-n2cnc(C(=O)NCc3cccc(Cl)c3F)c2)n1. The summed E-state index contributed by atoms with van der Waals surface area (Å²) < 4.78 is 15.5. The molecule has 6 nitrogen and oxygen atoms in total. The van der Waals surface area contributed by atoms with Gasteiger partial charge in [-0.1, -0.05) is 23.7 Å². The first-order valence-electron chi connectivity index (χ1n) is 7.51. The third kappa shape index (κ3) is 3.66. The highest BCUT2D eigenvalue weighted by molar-refractivity contribution is 6.30. The zero-order valence-corrected chi connectivity index (χ0v) is 14.4. The number of hydrogen-bond acceptors (Lipinski definition) is 4. The van der Waals surface area contributed by atoms with Crippen molar-refractivity contribution in [1.29, 1.82) is 0 Å². The molecule has 0 aliphatic rings. The van der Waals surface area contributed by atoms with Crippen LogP contribution in [0.1, 0.15) is 27.4 Å². The Labute approximate surface area is 148 Å². The molecule has 2 aromatic heterocycles. The zero-order chi connectivity index (χ0) is 18.0. The number of rotatable bonds is 4. The third-order valence-corrected chi connectivity index (χ3v) is 3.89. The molecule has 0 radical (unpaired) electrons. The van der Waals surface area contributed by atoms with Crippen molar-refractivity contribution in [2.24, 2.45) is 0 Å². The summed E-state index contributed by atoms with van der Waals surface area (Å²) >= 11 is 5.73. The van der Waals surface area contributed by atoms with Gasteiger partial charge in [-0.05, 0) is 19.9 Å². The summed E-state index contributed by atoms with van der Waals surface area (Å²) in [5.74, 6) is 0.320. The van der Waals surface area contributed by atoms with Crippen molar-refractivity contribution in [3.05, 3.63) is 70.4 Å². The van der Waals surface area contributed by atoms with Crippen LogP contribution < -0.4 is 5.32 Å². The normalized spacial score (nSPS) is 10.7. The van der Waals surface area contributed by atoms with Crippen LogP contribution in [-0.4, -0.2) is 25.4 Å². The Hall–Kier alpha value is -2.80. The summed E-state index contributed by atoms with van der Waals surface area (Å²) in [6.07, 6.45) is 4.78. The van der Waals surface area contributed by atoms with Gasteiger partial charge in [-0.3, -0.25) is 9.36 Å². The molecular weight excluding hydrogens is 345 g/mol. The monoisotopic (exact) mass is 359 g/mol. The predicted molar refractivity (Wildman–Crippen MR) is 91.2 cm³/mol. The number of aryl methyl sites for hydroxylation is 2. The summed E-state index contributed by atoms with van der Waals surface area (Å²) in [6, 6.07) is 4.64. The van der Waals surface area contributed by atoms with Crippen LogP contribution in [0.4, 0.5) is 4.39 Å². The predicted octanol–water partition coefficient (Wildman–Crippen LogP) is 3.00. The van der Waals surface area contributed by atoms with Gasteiger partial charge in [0.1, 0.15) is 29.5 Å². The number of amides is 1. The maximum absolute atomic E-state index is 13.8. The van der Waals surface area contributed by atoms with Gasteiger partial charge in [-0.25, -0.2) is 19.3 Å². The third-order valence-electron chi connectivity index (χ3n) is 3.60. The number of halogens is 2. The second-order valence-electron chi connectivity index (χ2n) is 5.49. The number of hydrogen-bond donors (Lipinski definition) is 1. The first-order chi connectivity index (χ1) is 12.0. The molecule has 0 saturated heterocycles. The van der Waals surface area contributed by atoms with E-state index in [-0.39, 0.29) is 17.3 Å². The molecule has 25 heavy (non-hydrogen) atoms. The maximum atomic E-state index is 13.8. The number of nitrogens with one attached hydrogen (secondary N) is 1. The van der Waals surface area contributed by atoms with Crippen LogP contribution in [0.25, 0.3) is 5.82 Å². The fraction of sp³-hybridized carbons (Fsp3) is 0.176. The van der Waals surface area contributed by atoms with E-state index < -0.39 is 11.7 Å². The molecule has 0 aliphatic carbocycles. The fourth-order valence-corrected chi connectivity index (χ4v) is 2.48. The molecule has 0 bridgehead atoms. The van der Waals surface area contributed by atoms with Gasteiger partial charge in [0.15, 0.2) is 0 Å². The van der Waals surface area contributed by atoms with Crippen LogP contribution in [-0.2, 0) is 6.54 Å². The summed E-state index contributed by atoms with van der Waals surface area (Å²) in [5, 5.41) is 2.65. The molecule has 0 fully saturated rings. The molecule has 0 unspecified atom stereocenters. The lowest BCUT2D eigenvalue weighted by molar-refractivity contribution is 0.0946. The lowest BCUT2D eigenvalue weighted by Crippen LogP contribution is -2.23. The van der Waals surface area contributed by atoms with Crippen molar-refractivity contribution < 1.29 is 9.18 Å². The lowest BCUT2D eigenvalue weighted by atomic mass is 10.2. The van der Waals surface area contributed by atoms with Gasteiger partial charge in [-0.2, -0.15) is 0 Å². The highest BCUT2D eigenvalue weighted by atomic mass is 35.5. The topological polar surface area (TPSA) is 72.7 Å². The molecule has 0 aliphatic heterocycles. The molecule has 3 aromatic rings. The average Bonchev–Trinajstić information content (AvgIpc) is 3.08. The first kappa shape index (κ1) is 17.0. The van der Waals surface area contributed by atoms with Crippen LogP contribution in [0.5, 0.6) is 0 Å². The van der Waals surface area contributed by atoms with Crippen molar-refractivity contribution in [3.8, 4) is 5.82 Å². The second kappa shape index (κ2) is 6.98. The highest BCUT2D eigenvalue weighted by Gasteiger charge is 2.13. The van der Waals surface area contributed by atoms with Gasteiger partial charge in [-0.15, -0.1) is 0 Å². The van der Waals surface area contributed by atoms with E-state index >= 15 is 0 Å². The van der Waals surface area contributed by atoms with Crippen LogP contribution in [0, 0.1) is 19.7 Å². The van der Waals surface area contributed by atoms with E-state index in [1.807, 2.05) is 6.92 Å². The summed E-state index contributed by atoms with van der Waals surface area (Å²) in [7, 11) is 0. The van der Waals surface area contributed by atoms with E-state index in [2.05, 4.69) is 20.3 Å². The Balaban J connectivity index is 1.75. The maximum Gasteiger partial charge on any atom is 0.271 e. The first-order valence-corrected chi connectivity index (χ1v) is 7.89. The van der Waals surface area contributed by atoms with Crippen LogP contribution in [0.15, 0.2) is 36.9 Å². The van der Waals surface area contributed by atoms with Crippen molar-refractivity contribution >= 4 is 17.5 Å². The lowest BCUT2D eigenvalue weighted by Gasteiger charge is -2.06. The molecular formula is C17H15ClFN5O. The number of nitrogens with zero attached hydrogens (tertiary/aromatic N) is 4. The van der Waals surface area contributed by atoms with Gasteiger partial charge in [0, 0.05) is 30.1 Å². The number of carbonyl (C=O) groups excluding carboxylic acids is 1. The molecule has 2 heterocycles. The van der Waals surface area contributed by atoms with Crippen molar-refractivity contribution in [2.45, 2.75) is 20.4 Å². The number of carbonyl (C=O) groups is 1. The summed E-state index contributed by atoms with van der Waals surface area (Å²) in [6.45, 7) is 3.67. The minimum absolute atomic E-state index is 0.0176. The Kier molecular flexibility index (Phi) is 4.76. The highest BCUT2D eigenvalue weighted by Crippen LogP contribution is 2.17. The van der Waals surface area contributed by atoms with Crippen LogP contribution in [0.3, 0.4) is 0 Å². The minimum atomic E-state index is -0.540. The Morgan fingerprint density at radius 2 is 2.12 bits per heavy atom. The molecule has 1 aromatic carbocycles. The average molecular weight is 360 g/mol. The Bertz CT molecular complexity index is 941. The molecule has 8 heteroatoms. The van der Waals surface area contributed by atoms with Gasteiger partial charge >= 0.3 is 0 Å². The molecule has 0 spiro atoms. The van der Waals surface area contributed by atoms with Crippen LogP contribution in [0.2, 0.25) is 5.02 Å². The molecule has 1 amide bonds. The molecule has 0 atom stereocenters. The zero-order valence-electron chi connectivity index (χ0n) is 13.6. The Morgan fingerprint density at radius 3 is 2.92 bits per heavy atom. The van der Waals surface area contributed by atoms with Crippen molar-refractivity contribution in [1.82, 2.24) is 24.8 Å². The van der Waals surface area contributed by atoms with E-state index in [4.69, 9.17) is 11.6 Å². The Morgan fingerprint density at radius 1 is 1.32 bits per heavy atom. The van der Waals surface area contributed by atoms with Gasteiger partial charge in [0.05, 0.1) is 5.02 Å². The molecule has 0 saturated carbocycles. The standard InChI is InChI=1S/C17H15ClFN5O/c1-10-6-20-11(2)23-16(10)24-8-14(22-9-24)17(25)21-7-12-4-3-5-13(18)15(12)19/h3-6,8-9H,7H2,1-2H3,(H,21,25). The minimum Gasteiger partial charge on any atom is -0.346 e. The van der Waals surface area contributed by atoms with Gasteiger partial charge in [0.25, 0.3) is 5.91 Å². The van der Waals surface area contributed by atoms with Crippen molar-refractivity contribution in [3.63, 3.8) is 0 Å². The van der Waals surface area contributed by atoms with E-state index in [0.717, 1.165) is 5.56 Å². The largest absolute Gasteiger partial charge is 0.346 e. The summed E-state index contributed by atoms with van der Waals surface area (Å²) in [4.78, 5) is 24.8. The van der Waals surface area contributed by atoms with E-state index in [9.17, 15) is 9.18 Å². The van der Waals surface area contributed by atoms with E-state index in [1.54, 1.807) is 36.0 Å². The smallest absolute Gasteiger partial charge is 0.271 e. The second-order valence-corrected chi connectivity index (χ2v) is 5.89. The van der Waals surface area contributed by atoms with Crippen LogP contribution >= 0.6 is 11.6 Å². The quantitative estimate of drug-likeness (QED) is 0.777.